The van der Waals surface area contributed by atoms with Crippen molar-refractivity contribution >= 4 is 44.0 Å². The maximum absolute atomic E-state index is 11.7. The molecule has 0 bridgehead atoms. The lowest BCUT2D eigenvalue weighted by molar-refractivity contribution is 0.602. The van der Waals surface area contributed by atoms with Gasteiger partial charge in [0, 0.05) is 34.1 Å². The van der Waals surface area contributed by atoms with E-state index in [0.29, 0.717) is 16.7 Å². The minimum atomic E-state index is -3.28. The molecule has 0 amide bonds. The smallest absolute Gasteiger partial charge is 0.227 e. The molecule has 1 heterocycles. The maximum atomic E-state index is 11.7. The molecule has 0 fully saturated rings. The Morgan fingerprint density at radius 2 is 1.79 bits per heavy atom. The number of hydrogen-bond donors (Lipinski definition) is 1. The zero-order valence-electron chi connectivity index (χ0n) is 14.9. The van der Waals surface area contributed by atoms with Gasteiger partial charge in [-0.3, -0.25) is 0 Å². The fourth-order valence-electron chi connectivity index (χ4n) is 2.89. The van der Waals surface area contributed by atoms with E-state index in [2.05, 4.69) is 15.3 Å². The zero-order valence-corrected chi connectivity index (χ0v) is 16.5. The molecule has 0 aliphatic heterocycles. The molecule has 1 aromatic heterocycles. The highest BCUT2D eigenvalue weighted by Gasteiger charge is 2.09. The lowest BCUT2D eigenvalue weighted by Crippen LogP contribution is -2.00. The highest BCUT2D eigenvalue weighted by molar-refractivity contribution is 7.90. The largest absolute Gasteiger partial charge is 0.324 e. The van der Waals surface area contributed by atoms with Crippen LogP contribution in [0.15, 0.2) is 77.8 Å². The van der Waals surface area contributed by atoms with Gasteiger partial charge >= 0.3 is 0 Å². The van der Waals surface area contributed by atoms with E-state index in [1.54, 1.807) is 30.5 Å². The highest BCUT2D eigenvalue weighted by Crippen LogP contribution is 2.30. The topological polar surface area (TPSA) is 72.0 Å². The second-order valence-electron chi connectivity index (χ2n) is 6.37. The molecule has 0 saturated carbocycles. The molecule has 0 aliphatic rings. The molecular weight excluding hydrogens is 394 g/mol. The van der Waals surface area contributed by atoms with Gasteiger partial charge in [-0.1, -0.05) is 41.9 Å². The molecule has 0 atom stereocenters. The second-order valence-corrected chi connectivity index (χ2v) is 8.79. The quantitative estimate of drug-likeness (QED) is 0.507. The van der Waals surface area contributed by atoms with Crippen molar-refractivity contribution in [2.75, 3.05) is 11.6 Å². The van der Waals surface area contributed by atoms with Crippen LogP contribution in [0.4, 0.5) is 11.6 Å². The predicted octanol–water partition coefficient (Wildman–Crippen LogP) is 5.10. The summed E-state index contributed by atoms with van der Waals surface area (Å²) in [5, 5.41) is 4.63. The van der Waals surface area contributed by atoms with Crippen LogP contribution in [0.5, 0.6) is 0 Å². The van der Waals surface area contributed by atoms with E-state index < -0.39 is 9.84 Å². The van der Waals surface area contributed by atoms with Crippen molar-refractivity contribution in [1.82, 2.24) is 9.97 Å². The Labute approximate surface area is 168 Å². The van der Waals surface area contributed by atoms with Crippen LogP contribution in [0.1, 0.15) is 0 Å². The fourth-order valence-corrected chi connectivity index (χ4v) is 3.80. The van der Waals surface area contributed by atoms with Crippen LogP contribution >= 0.6 is 11.6 Å². The zero-order chi connectivity index (χ0) is 19.7. The molecule has 5 nitrogen and oxygen atoms in total. The van der Waals surface area contributed by atoms with E-state index in [1.165, 1.54) is 6.26 Å². The third-order valence-corrected chi connectivity index (χ3v) is 5.72. The van der Waals surface area contributed by atoms with E-state index >= 15 is 0 Å². The van der Waals surface area contributed by atoms with Gasteiger partial charge in [-0.05, 0) is 42.0 Å². The van der Waals surface area contributed by atoms with Crippen LogP contribution in [0.2, 0.25) is 5.02 Å². The molecule has 0 aliphatic carbocycles. The molecule has 4 aromatic rings. The number of hydrogen-bond acceptors (Lipinski definition) is 5. The van der Waals surface area contributed by atoms with Gasteiger partial charge in [0.15, 0.2) is 9.84 Å². The summed E-state index contributed by atoms with van der Waals surface area (Å²) in [6.45, 7) is 0. The molecule has 0 radical (unpaired) electrons. The Morgan fingerprint density at radius 3 is 2.57 bits per heavy atom. The van der Waals surface area contributed by atoms with Crippen molar-refractivity contribution in [2.45, 2.75) is 4.90 Å². The van der Waals surface area contributed by atoms with Gasteiger partial charge in [0.2, 0.25) is 5.95 Å². The maximum Gasteiger partial charge on any atom is 0.227 e. The number of sulfone groups is 1. The monoisotopic (exact) mass is 409 g/mol. The molecule has 0 unspecified atom stereocenters. The van der Waals surface area contributed by atoms with Crippen LogP contribution in [0.25, 0.3) is 22.0 Å². The molecule has 3 aromatic carbocycles. The minimum Gasteiger partial charge on any atom is -0.324 e. The van der Waals surface area contributed by atoms with Gasteiger partial charge < -0.3 is 5.32 Å². The lowest BCUT2D eigenvalue weighted by Gasteiger charge is -2.09. The molecule has 0 saturated heterocycles. The Bertz CT molecular complexity index is 1290. The first kappa shape index (κ1) is 18.4. The fraction of sp³-hybridized carbons (Fsp3) is 0.0476. The standard InChI is InChI=1S/C21H16ClN3O2S/c1-28(26,27)17-6-4-5-16(12-17)24-21-23-13-15-11-14(9-10-20(15)25-21)18-7-2-3-8-19(18)22/h2-13H,1H3,(H,23,24,25). The molecule has 7 heteroatoms. The van der Waals surface area contributed by atoms with E-state index in [4.69, 9.17) is 11.6 Å². The summed E-state index contributed by atoms with van der Waals surface area (Å²) in [4.78, 5) is 9.10. The summed E-state index contributed by atoms with van der Waals surface area (Å²) in [6.07, 6.45) is 2.90. The summed E-state index contributed by atoms with van der Waals surface area (Å²) >= 11 is 6.29. The van der Waals surface area contributed by atoms with Crippen LogP contribution < -0.4 is 5.32 Å². The van der Waals surface area contributed by atoms with E-state index in [1.807, 2.05) is 42.5 Å². The van der Waals surface area contributed by atoms with Crippen molar-refractivity contribution in [3.8, 4) is 11.1 Å². The number of fused-ring (bicyclic) bond motifs is 1. The molecular formula is C21H16ClN3O2S. The first-order valence-electron chi connectivity index (χ1n) is 8.49. The van der Waals surface area contributed by atoms with Crippen LogP contribution in [-0.2, 0) is 9.84 Å². The van der Waals surface area contributed by atoms with E-state index in [9.17, 15) is 8.42 Å². The van der Waals surface area contributed by atoms with Gasteiger partial charge in [0.25, 0.3) is 0 Å². The number of aromatic nitrogens is 2. The van der Waals surface area contributed by atoms with E-state index in [-0.39, 0.29) is 4.90 Å². The van der Waals surface area contributed by atoms with Crippen molar-refractivity contribution in [3.05, 3.63) is 77.9 Å². The molecule has 4 rings (SSSR count). The molecule has 140 valence electrons. The van der Waals surface area contributed by atoms with E-state index in [0.717, 1.165) is 22.0 Å². The Balaban J connectivity index is 1.66. The van der Waals surface area contributed by atoms with Gasteiger partial charge in [-0.25, -0.2) is 18.4 Å². The first-order chi connectivity index (χ1) is 13.4. The summed E-state index contributed by atoms with van der Waals surface area (Å²) < 4.78 is 23.4. The average Bonchev–Trinajstić information content (AvgIpc) is 2.68. The third kappa shape index (κ3) is 3.83. The number of nitrogens with one attached hydrogen (secondary N) is 1. The minimum absolute atomic E-state index is 0.239. The first-order valence-corrected chi connectivity index (χ1v) is 10.8. The van der Waals surface area contributed by atoms with Crippen LogP contribution in [-0.4, -0.2) is 24.6 Å². The molecule has 28 heavy (non-hydrogen) atoms. The van der Waals surface area contributed by atoms with Gasteiger partial charge in [0.1, 0.15) is 0 Å². The summed E-state index contributed by atoms with van der Waals surface area (Å²) in [7, 11) is -3.28. The number of halogens is 1. The number of anilines is 2. The van der Waals surface area contributed by atoms with Crippen molar-refractivity contribution in [1.29, 1.82) is 0 Å². The Morgan fingerprint density at radius 1 is 0.964 bits per heavy atom. The van der Waals surface area contributed by atoms with Crippen molar-refractivity contribution in [2.24, 2.45) is 0 Å². The molecule has 1 N–H and O–H groups in total. The number of benzene rings is 3. The average molecular weight is 410 g/mol. The molecule has 0 spiro atoms. The number of nitrogens with zero attached hydrogens (tertiary/aromatic N) is 2. The lowest BCUT2D eigenvalue weighted by atomic mass is 10.0. The second kappa shape index (κ2) is 7.22. The van der Waals surface area contributed by atoms with Crippen LogP contribution in [0, 0.1) is 0 Å². The Kier molecular flexibility index (Phi) is 4.75. The predicted molar refractivity (Wildman–Crippen MR) is 113 cm³/mol. The number of rotatable bonds is 4. The summed E-state index contributed by atoms with van der Waals surface area (Å²) in [6, 6.07) is 20.1. The summed E-state index contributed by atoms with van der Waals surface area (Å²) in [5.74, 6) is 0.392. The van der Waals surface area contributed by atoms with Gasteiger partial charge in [-0.15, -0.1) is 0 Å². The van der Waals surface area contributed by atoms with Gasteiger partial charge in [0.05, 0.1) is 10.4 Å². The summed E-state index contributed by atoms with van der Waals surface area (Å²) in [5.41, 5.74) is 3.32. The van der Waals surface area contributed by atoms with Crippen molar-refractivity contribution in [3.63, 3.8) is 0 Å². The van der Waals surface area contributed by atoms with Crippen molar-refractivity contribution < 1.29 is 8.42 Å². The van der Waals surface area contributed by atoms with Gasteiger partial charge in [-0.2, -0.15) is 0 Å². The Hall–Kier alpha value is -2.96. The van der Waals surface area contributed by atoms with Crippen LogP contribution in [0.3, 0.4) is 0 Å². The highest BCUT2D eigenvalue weighted by atomic mass is 35.5. The SMILES string of the molecule is CS(=O)(=O)c1cccc(Nc2ncc3cc(-c4ccccc4Cl)ccc3n2)c1. The normalized spacial score (nSPS) is 11.5. The third-order valence-electron chi connectivity index (χ3n) is 4.28.